The Labute approximate surface area is 121 Å². The molecule has 7 nitrogen and oxygen atoms in total. The van der Waals surface area contributed by atoms with Crippen molar-refractivity contribution in [2.24, 2.45) is 0 Å². The van der Waals surface area contributed by atoms with Crippen LogP contribution in [-0.4, -0.2) is 36.1 Å². The van der Waals surface area contributed by atoms with Gasteiger partial charge in [0.1, 0.15) is 5.69 Å². The number of hydrogen-bond donors (Lipinski definition) is 2. The minimum Gasteiger partial charge on any atom is -0.383 e. The monoisotopic (exact) mass is 291 g/mol. The summed E-state index contributed by atoms with van der Waals surface area (Å²) in [6.07, 6.45) is 3.19. The van der Waals surface area contributed by atoms with Gasteiger partial charge in [-0.05, 0) is 31.4 Å². The first-order valence-corrected chi connectivity index (χ1v) is 7.01. The molecule has 0 aliphatic carbocycles. The van der Waals surface area contributed by atoms with Gasteiger partial charge in [0.15, 0.2) is 0 Å². The molecule has 1 amide bonds. The summed E-state index contributed by atoms with van der Waals surface area (Å²) in [6, 6.07) is 4.45. The SMILES string of the molecule is CNc1ccc(C(=O)NC2CC3CCC2O3)cc1[N+](=O)[O-]. The number of nitro groups is 1. The second kappa shape index (κ2) is 5.33. The predicted molar refractivity (Wildman–Crippen MR) is 76.4 cm³/mol. The summed E-state index contributed by atoms with van der Waals surface area (Å²) in [7, 11) is 1.61. The maximum Gasteiger partial charge on any atom is 0.293 e. The molecule has 21 heavy (non-hydrogen) atoms. The molecule has 112 valence electrons. The molecule has 2 saturated heterocycles. The lowest BCUT2D eigenvalue weighted by molar-refractivity contribution is -0.384. The van der Waals surface area contributed by atoms with Crippen LogP contribution in [0.15, 0.2) is 18.2 Å². The molecule has 2 bridgehead atoms. The normalized spacial score (nSPS) is 26.6. The molecule has 1 aromatic carbocycles. The maximum absolute atomic E-state index is 12.2. The molecule has 0 spiro atoms. The van der Waals surface area contributed by atoms with Crippen LogP contribution >= 0.6 is 0 Å². The zero-order chi connectivity index (χ0) is 15.0. The molecule has 2 N–H and O–H groups in total. The molecular weight excluding hydrogens is 274 g/mol. The first-order valence-electron chi connectivity index (χ1n) is 7.01. The number of rotatable bonds is 4. The smallest absolute Gasteiger partial charge is 0.293 e. The van der Waals surface area contributed by atoms with Crippen LogP contribution in [-0.2, 0) is 4.74 Å². The Hall–Kier alpha value is -2.15. The quantitative estimate of drug-likeness (QED) is 0.650. The summed E-state index contributed by atoms with van der Waals surface area (Å²) in [5, 5.41) is 16.7. The third-order valence-corrected chi connectivity index (χ3v) is 4.15. The van der Waals surface area contributed by atoms with Gasteiger partial charge in [-0.1, -0.05) is 0 Å². The molecule has 0 radical (unpaired) electrons. The Morgan fingerprint density at radius 1 is 1.43 bits per heavy atom. The average molecular weight is 291 g/mol. The van der Waals surface area contributed by atoms with E-state index in [0.717, 1.165) is 19.3 Å². The molecular formula is C14H17N3O4. The summed E-state index contributed by atoms with van der Waals surface area (Å²) in [5.74, 6) is -0.290. The van der Waals surface area contributed by atoms with Gasteiger partial charge in [0.05, 0.1) is 23.2 Å². The molecule has 7 heteroatoms. The molecule has 2 heterocycles. The fourth-order valence-electron chi connectivity index (χ4n) is 3.08. The molecule has 3 atom stereocenters. The van der Waals surface area contributed by atoms with Crippen LogP contribution in [0.25, 0.3) is 0 Å². The second-order valence-corrected chi connectivity index (χ2v) is 5.43. The van der Waals surface area contributed by atoms with Gasteiger partial charge in [-0.3, -0.25) is 14.9 Å². The number of hydrogen-bond acceptors (Lipinski definition) is 5. The van der Waals surface area contributed by atoms with Gasteiger partial charge in [-0.25, -0.2) is 0 Å². The number of carbonyl (C=O) groups excluding carboxylic acids is 1. The van der Waals surface area contributed by atoms with Crippen molar-refractivity contribution < 1.29 is 14.5 Å². The molecule has 2 aliphatic heterocycles. The minimum absolute atomic E-state index is 0.0132. The number of fused-ring (bicyclic) bond motifs is 2. The maximum atomic E-state index is 12.2. The van der Waals surface area contributed by atoms with E-state index in [1.165, 1.54) is 6.07 Å². The summed E-state index contributed by atoms with van der Waals surface area (Å²) in [5.41, 5.74) is 0.581. The first kappa shape index (κ1) is 13.8. The van der Waals surface area contributed by atoms with Gasteiger partial charge >= 0.3 is 0 Å². The van der Waals surface area contributed by atoms with E-state index in [1.807, 2.05) is 0 Å². The molecule has 0 aromatic heterocycles. The van der Waals surface area contributed by atoms with Crippen LogP contribution in [0.4, 0.5) is 11.4 Å². The highest BCUT2D eigenvalue weighted by atomic mass is 16.6. The van der Waals surface area contributed by atoms with Crippen LogP contribution < -0.4 is 10.6 Å². The van der Waals surface area contributed by atoms with Crippen LogP contribution in [0, 0.1) is 10.1 Å². The van der Waals surface area contributed by atoms with Crippen molar-refractivity contribution in [2.75, 3.05) is 12.4 Å². The Bertz CT molecular complexity index is 590. The zero-order valence-electron chi connectivity index (χ0n) is 11.7. The van der Waals surface area contributed by atoms with E-state index in [2.05, 4.69) is 10.6 Å². The second-order valence-electron chi connectivity index (χ2n) is 5.43. The summed E-state index contributed by atoms with van der Waals surface area (Å²) < 4.78 is 5.69. The van der Waals surface area contributed by atoms with Gasteiger partial charge in [0.25, 0.3) is 11.6 Å². The number of nitrogens with zero attached hydrogens (tertiary/aromatic N) is 1. The van der Waals surface area contributed by atoms with Crippen molar-refractivity contribution in [1.29, 1.82) is 0 Å². The lowest BCUT2D eigenvalue weighted by atomic mass is 9.95. The Kier molecular flexibility index (Phi) is 3.50. The predicted octanol–water partition coefficient (Wildman–Crippen LogP) is 1.69. The van der Waals surface area contributed by atoms with Crippen molar-refractivity contribution in [1.82, 2.24) is 5.32 Å². The summed E-state index contributed by atoms with van der Waals surface area (Å²) in [4.78, 5) is 22.8. The van der Waals surface area contributed by atoms with Crippen LogP contribution in [0.5, 0.6) is 0 Å². The van der Waals surface area contributed by atoms with E-state index in [1.54, 1.807) is 19.2 Å². The topological polar surface area (TPSA) is 93.5 Å². The van der Waals surface area contributed by atoms with Crippen molar-refractivity contribution in [3.05, 3.63) is 33.9 Å². The standard InChI is InChI=1S/C14H17N3O4/c1-15-10-4-2-8(6-12(10)17(19)20)14(18)16-11-7-9-3-5-13(11)21-9/h2,4,6,9,11,13,15H,3,5,7H2,1H3,(H,16,18). The number of benzene rings is 1. The van der Waals surface area contributed by atoms with E-state index in [0.29, 0.717) is 11.3 Å². The lowest BCUT2D eigenvalue weighted by Crippen LogP contribution is -2.41. The number of amides is 1. The first-order chi connectivity index (χ1) is 10.1. The van der Waals surface area contributed by atoms with Gasteiger partial charge < -0.3 is 15.4 Å². The van der Waals surface area contributed by atoms with Gasteiger partial charge in [-0.15, -0.1) is 0 Å². The third-order valence-electron chi connectivity index (χ3n) is 4.15. The number of nitro benzene ring substituents is 1. The third kappa shape index (κ3) is 2.56. The summed E-state index contributed by atoms with van der Waals surface area (Å²) in [6.45, 7) is 0. The van der Waals surface area contributed by atoms with E-state index in [-0.39, 0.29) is 29.8 Å². The van der Waals surface area contributed by atoms with Crippen molar-refractivity contribution in [2.45, 2.75) is 37.5 Å². The molecule has 2 fully saturated rings. The van der Waals surface area contributed by atoms with Crippen molar-refractivity contribution in [3.63, 3.8) is 0 Å². The molecule has 2 aliphatic rings. The van der Waals surface area contributed by atoms with Gasteiger partial charge in [0.2, 0.25) is 0 Å². The average Bonchev–Trinajstić information content (AvgIpc) is 3.09. The molecule has 3 rings (SSSR count). The van der Waals surface area contributed by atoms with Crippen LogP contribution in [0.3, 0.4) is 0 Å². The van der Waals surface area contributed by atoms with Crippen molar-refractivity contribution >= 4 is 17.3 Å². The highest BCUT2D eigenvalue weighted by Gasteiger charge is 2.41. The van der Waals surface area contributed by atoms with Gasteiger partial charge in [0, 0.05) is 18.7 Å². The lowest BCUT2D eigenvalue weighted by Gasteiger charge is -2.20. The number of carbonyl (C=O) groups is 1. The number of anilines is 1. The Morgan fingerprint density at radius 3 is 2.81 bits per heavy atom. The van der Waals surface area contributed by atoms with Gasteiger partial charge in [-0.2, -0.15) is 0 Å². The molecule has 0 saturated carbocycles. The van der Waals surface area contributed by atoms with E-state index < -0.39 is 4.92 Å². The zero-order valence-corrected chi connectivity index (χ0v) is 11.7. The minimum atomic E-state index is -0.497. The number of ether oxygens (including phenoxy) is 1. The Balaban J connectivity index is 1.75. The summed E-state index contributed by atoms with van der Waals surface area (Å²) >= 11 is 0. The molecule has 3 unspecified atom stereocenters. The fraction of sp³-hybridized carbons (Fsp3) is 0.500. The highest BCUT2D eigenvalue weighted by Crippen LogP contribution is 2.34. The fourth-order valence-corrected chi connectivity index (χ4v) is 3.08. The number of nitrogens with one attached hydrogen (secondary N) is 2. The largest absolute Gasteiger partial charge is 0.383 e. The van der Waals surface area contributed by atoms with E-state index in [9.17, 15) is 14.9 Å². The Morgan fingerprint density at radius 2 is 2.24 bits per heavy atom. The van der Waals surface area contributed by atoms with E-state index >= 15 is 0 Å². The van der Waals surface area contributed by atoms with Crippen LogP contribution in [0.1, 0.15) is 29.6 Å². The van der Waals surface area contributed by atoms with Crippen molar-refractivity contribution in [3.8, 4) is 0 Å². The molecule has 1 aromatic rings. The van der Waals surface area contributed by atoms with E-state index in [4.69, 9.17) is 4.74 Å². The van der Waals surface area contributed by atoms with Crippen LogP contribution in [0.2, 0.25) is 0 Å². The highest BCUT2D eigenvalue weighted by molar-refractivity contribution is 5.96.